The number of hydrogen-bond acceptors (Lipinski definition) is 6. The molecule has 1 fully saturated rings. The molecule has 24 heavy (non-hydrogen) atoms. The highest BCUT2D eigenvalue weighted by molar-refractivity contribution is 6.11. The molecule has 2 aliphatic rings. The molecule has 0 radical (unpaired) electrons. The summed E-state index contributed by atoms with van der Waals surface area (Å²) in [5, 5.41) is 24.7. The molecule has 126 valence electrons. The second kappa shape index (κ2) is 4.94. The van der Waals surface area contributed by atoms with Gasteiger partial charge >= 0.3 is 0 Å². The number of Topliss-reactive ketones (excluding diaryl/α,β-unsaturated/α-hetero) is 2. The molecule has 0 spiro atoms. The molecule has 1 aromatic carbocycles. The van der Waals surface area contributed by atoms with E-state index in [0.29, 0.717) is 0 Å². The minimum atomic E-state index is -2.23. The molecule has 1 saturated carbocycles. The molecule has 2 atom stereocenters. The normalized spacial score (nSPS) is 28.5. The van der Waals surface area contributed by atoms with Gasteiger partial charge in [0.15, 0.2) is 5.60 Å². The number of carbonyl (C=O) groups is 3. The Morgan fingerprint density at radius 2 is 1.96 bits per heavy atom. The van der Waals surface area contributed by atoms with Gasteiger partial charge in [-0.2, -0.15) is 0 Å². The number of amides is 1. The molecule has 1 amide bonds. The van der Waals surface area contributed by atoms with E-state index in [9.17, 15) is 29.6 Å². The largest absolute Gasteiger partial charge is 0.375 e. The third kappa shape index (κ3) is 2.14. The Labute approximate surface area is 137 Å². The van der Waals surface area contributed by atoms with Gasteiger partial charge in [-0.1, -0.05) is 13.8 Å². The molecule has 3 rings (SSSR count). The fourth-order valence-corrected chi connectivity index (χ4v) is 3.90. The number of aliphatic hydroxyl groups is 1. The summed E-state index contributed by atoms with van der Waals surface area (Å²) in [7, 11) is 0. The fraction of sp³-hybridized carbons (Fsp3) is 0.438. The smallest absolute Gasteiger partial charge is 0.269 e. The van der Waals surface area contributed by atoms with E-state index < -0.39 is 33.5 Å². The van der Waals surface area contributed by atoms with E-state index in [1.807, 2.05) is 0 Å². The summed E-state index contributed by atoms with van der Waals surface area (Å²) in [5.41, 5.74) is -3.25. The lowest BCUT2D eigenvalue weighted by molar-refractivity contribution is -0.385. The van der Waals surface area contributed by atoms with Crippen molar-refractivity contribution in [2.45, 2.75) is 32.3 Å². The highest BCUT2D eigenvalue weighted by Gasteiger charge is 2.60. The Balaban J connectivity index is 2.19. The minimum absolute atomic E-state index is 0.00229. The number of nitrogens with one attached hydrogen (secondary N) is 1. The zero-order chi connectivity index (χ0) is 17.9. The summed E-state index contributed by atoms with van der Waals surface area (Å²) in [5.74, 6) is -2.75. The van der Waals surface area contributed by atoms with Crippen LogP contribution in [0.3, 0.4) is 0 Å². The zero-order valence-electron chi connectivity index (χ0n) is 13.2. The SMILES string of the molecule is CC1(C)CC(=O)CC(=O)C1C1(O)C(=O)Nc2ccc([N+](=O)[O-])cc21. The first kappa shape index (κ1) is 16.3. The van der Waals surface area contributed by atoms with Gasteiger partial charge in [0, 0.05) is 29.8 Å². The molecule has 1 aliphatic carbocycles. The quantitative estimate of drug-likeness (QED) is 0.477. The Morgan fingerprint density at radius 3 is 2.54 bits per heavy atom. The third-order valence-electron chi connectivity index (χ3n) is 4.76. The van der Waals surface area contributed by atoms with E-state index >= 15 is 0 Å². The number of rotatable bonds is 2. The van der Waals surface area contributed by atoms with Gasteiger partial charge < -0.3 is 10.4 Å². The van der Waals surface area contributed by atoms with Gasteiger partial charge in [-0.25, -0.2) is 0 Å². The minimum Gasteiger partial charge on any atom is -0.375 e. The van der Waals surface area contributed by atoms with Crippen LogP contribution in [0.4, 0.5) is 11.4 Å². The Hall–Kier alpha value is -2.61. The van der Waals surface area contributed by atoms with Crippen molar-refractivity contribution in [3.05, 3.63) is 33.9 Å². The second-order valence-corrected chi connectivity index (χ2v) is 6.99. The standard InChI is InChI=1S/C16H16N2O6/c1-15(2)7-9(19)6-12(20)13(15)16(22)10-5-8(18(23)24)3-4-11(10)17-14(16)21/h3-5,13,22H,6-7H2,1-2H3,(H,17,21). The van der Waals surface area contributed by atoms with Gasteiger partial charge in [-0.15, -0.1) is 0 Å². The number of non-ortho nitro benzene ring substituents is 1. The molecule has 0 saturated heterocycles. The van der Waals surface area contributed by atoms with Gasteiger partial charge in [0.05, 0.1) is 17.3 Å². The van der Waals surface area contributed by atoms with Crippen molar-refractivity contribution in [2.24, 2.45) is 11.3 Å². The van der Waals surface area contributed by atoms with Crippen LogP contribution in [0.15, 0.2) is 18.2 Å². The zero-order valence-corrected chi connectivity index (χ0v) is 13.2. The van der Waals surface area contributed by atoms with Crippen molar-refractivity contribution in [3.8, 4) is 0 Å². The molecule has 1 heterocycles. The number of nitro groups is 1. The fourth-order valence-electron chi connectivity index (χ4n) is 3.90. The molecule has 1 aromatic rings. The number of nitrogens with zero attached hydrogens (tertiary/aromatic N) is 1. The number of carbonyl (C=O) groups excluding carboxylic acids is 3. The first-order chi connectivity index (χ1) is 11.1. The van der Waals surface area contributed by atoms with Crippen LogP contribution in [0.25, 0.3) is 0 Å². The number of ketones is 2. The lowest BCUT2D eigenvalue weighted by Crippen LogP contribution is -2.54. The van der Waals surface area contributed by atoms with E-state index in [0.717, 1.165) is 6.07 Å². The maximum absolute atomic E-state index is 12.5. The number of benzene rings is 1. The van der Waals surface area contributed by atoms with Crippen LogP contribution in [0, 0.1) is 21.4 Å². The molecule has 0 aromatic heterocycles. The monoisotopic (exact) mass is 332 g/mol. The van der Waals surface area contributed by atoms with Crippen molar-refractivity contribution < 1.29 is 24.4 Å². The highest BCUT2D eigenvalue weighted by Crippen LogP contribution is 2.52. The topological polar surface area (TPSA) is 127 Å². The van der Waals surface area contributed by atoms with Crippen molar-refractivity contribution >= 4 is 28.8 Å². The Kier molecular flexibility index (Phi) is 3.35. The predicted octanol–water partition coefficient (Wildman–Crippen LogP) is 1.31. The summed E-state index contributed by atoms with van der Waals surface area (Å²) < 4.78 is 0. The van der Waals surface area contributed by atoms with Gasteiger partial charge in [-0.05, 0) is 11.5 Å². The molecular formula is C16H16N2O6. The van der Waals surface area contributed by atoms with Gasteiger partial charge in [-0.3, -0.25) is 24.5 Å². The lowest BCUT2D eigenvalue weighted by atomic mass is 9.60. The molecule has 2 unspecified atom stereocenters. The first-order valence-electron chi connectivity index (χ1n) is 7.44. The lowest BCUT2D eigenvalue weighted by Gasteiger charge is -2.43. The van der Waals surface area contributed by atoms with Crippen LogP contribution in [0.1, 0.15) is 32.3 Å². The van der Waals surface area contributed by atoms with Crippen LogP contribution in [0.2, 0.25) is 0 Å². The average Bonchev–Trinajstić information content (AvgIpc) is 2.68. The number of fused-ring (bicyclic) bond motifs is 1. The first-order valence-corrected chi connectivity index (χ1v) is 7.44. The van der Waals surface area contributed by atoms with Crippen LogP contribution in [0.5, 0.6) is 0 Å². The Bertz CT molecular complexity index is 800. The number of anilines is 1. The third-order valence-corrected chi connectivity index (χ3v) is 4.76. The second-order valence-electron chi connectivity index (χ2n) is 6.99. The number of hydrogen-bond donors (Lipinski definition) is 2. The molecule has 1 aliphatic heterocycles. The van der Waals surface area contributed by atoms with Crippen LogP contribution >= 0.6 is 0 Å². The summed E-state index contributed by atoms with van der Waals surface area (Å²) in [6.45, 7) is 3.26. The van der Waals surface area contributed by atoms with Crippen molar-refractivity contribution in [1.29, 1.82) is 0 Å². The summed E-state index contributed by atoms with van der Waals surface area (Å²) in [6, 6.07) is 3.64. The summed E-state index contributed by atoms with van der Waals surface area (Å²) >= 11 is 0. The van der Waals surface area contributed by atoms with Crippen LogP contribution in [-0.4, -0.2) is 27.5 Å². The van der Waals surface area contributed by atoms with E-state index in [-0.39, 0.29) is 35.6 Å². The van der Waals surface area contributed by atoms with Gasteiger partial charge in [0.1, 0.15) is 11.6 Å². The predicted molar refractivity (Wildman–Crippen MR) is 82.1 cm³/mol. The molecule has 0 bridgehead atoms. The average molecular weight is 332 g/mol. The molecule has 2 N–H and O–H groups in total. The van der Waals surface area contributed by atoms with Crippen molar-refractivity contribution in [3.63, 3.8) is 0 Å². The summed E-state index contributed by atoms with van der Waals surface area (Å²) in [6.07, 6.45) is -0.308. The van der Waals surface area contributed by atoms with Crippen LogP contribution in [-0.2, 0) is 20.0 Å². The Morgan fingerprint density at radius 1 is 1.29 bits per heavy atom. The van der Waals surface area contributed by atoms with E-state index in [2.05, 4.69) is 5.32 Å². The van der Waals surface area contributed by atoms with Crippen molar-refractivity contribution in [2.75, 3.05) is 5.32 Å². The van der Waals surface area contributed by atoms with E-state index in [4.69, 9.17) is 0 Å². The highest BCUT2D eigenvalue weighted by atomic mass is 16.6. The van der Waals surface area contributed by atoms with Gasteiger partial charge in [0.2, 0.25) is 0 Å². The van der Waals surface area contributed by atoms with E-state index in [1.165, 1.54) is 12.1 Å². The molecule has 8 heteroatoms. The van der Waals surface area contributed by atoms with Crippen LogP contribution < -0.4 is 5.32 Å². The molecular weight excluding hydrogens is 316 g/mol. The maximum Gasteiger partial charge on any atom is 0.269 e. The van der Waals surface area contributed by atoms with Gasteiger partial charge in [0.25, 0.3) is 11.6 Å². The molecule has 8 nitrogen and oxygen atoms in total. The van der Waals surface area contributed by atoms with Crippen molar-refractivity contribution in [1.82, 2.24) is 0 Å². The summed E-state index contributed by atoms with van der Waals surface area (Å²) in [4.78, 5) is 47.1. The number of nitro benzene ring substituents is 1. The maximum atomic E-state index is 12.5. The van der Waals surface area contributed by atoms with E-state index in [1.54, 1.807) is 13.8 Å².